The zero-order valence-electron chi connectivity index (χ0n) is 8.83. The predicted octanol–water partition coefficient (Wildman–Crippen LogP) is 0.358. The molecular weight excluding hydrogens is 212 g/mol. The van der Waals surface area contributed by atoms with Crippen LogP contribution in [0, 0.1) is 0 Å². The van der Waals surface area contributed by atoms with Crippen LogP contribution in [0.5, 0.6) is 0 Å². The monoisotopic (exact) mass is 230 g/mol. The molecule has 0 saturated carbocycles. The van der Waals surface area contributed by atoms with E-state index in [-0.39, 0.29) is 11.9 Å². The SMILES string of the molecule is C=CCCOCCNC(=O)C1CSCN1. The molecule has 0 aromatic carbocycles. The van der Waals surface area contributed by atoms with Crippen molar-refractivity contribution in [3.63, 3.8) is 0 Å². The maximum absolute atomic E-state index is 11.5. The number of nitrogens with one attached hydrogen (secondary N) is 2. The van der Waals surface area contributed by atoms with Gasteiger partial charge in [-0.1, -0.05) is 6.08 Å². The van der Waals surface area contributed by atoms with Crippen molar-refractivity contribution in [3.05, 3.63) is 12.7 Å². The van der Waals surface area contributed by atoms with Crippen LogP contribution in [0.15, 0.2) is 12.7 Å². The van der Waals surface area contributed by atoms with Crippen molar-refractivity contribution in [2.24, 2.45) is 0 Å². The highest BCUT2D eigenvalue weighted by atomic mass is 32.2. The number of hydrogen-bond donors (Lipinski definition) is 2. The lowest BCUT2D eigenvalue weighted by molar-refractivity contribution is -0.122. The Morgan fingerprint density at radius 3 is 3.20 bits per heavy atom. The highest BCUT2D eigenvalue weighted by Gasteiger charge is 2.21. The molecule has 0 radical (unpaired) electrons. The lowest BCUT2D eigenvalue weighted by Crippen LogP contribution is -2.43. The van der Waals surface area contributed by atoms with Crippen LogP contribution in [0.1, 0.15) is 6.42 Å². The predicted molar refractivity (Wildman–Crippen MR) is 62.9 cm³/mol. The van der Waals surface area contributed by atoms with Gasteiger partial charge in [-0.3, -0.25) is 10.1 Å². The van der Waals surface area contributed by atoms with Gasteiger partial charge in [0.15, 0.2) is 0 Å². The summed E-state index contributed by atoms with van der Waals surface area (Å²) in [5, 5.41) is 5.95. The van der Waals surface area contributed by atoms with Crippen molar-refractivity contribution in [2.45, 2.75) is 12.5 Å². The number of ether oxygens (including phenoxy) is 1. The normalized spacial score (nSPS) is 20.1. The van der Waals surface area contributed by atoms with Crippen LogP contribution in [0.3, 0.4) is 0 Å². The molecule has 5 heteroatoms. The minimum absolute atomic E-state index is 0.0248. The summed E-state index contributed by atoms with van der Waals surface area (Å²) in [6.07, 6.45) is 2.67. The van der Waals surface area contributed by atoms with Gasteiger partial charge < -0.3 is 10.1 Å². The molecule has 1 heterocycles. The van der Waals surface area contributed by atoms with Gasteiger partial charge in [0.05, 0.1) is 19.3 Å². The van der Waals surface area contributed by atoms with Crippen molar-refractivity contribution in [2.75, 3.05) is 31.4 Å². The number of carbonyl (C=O) groups is 1. The molecule has 1 fully saturated rings. The van der Waals surface area contributed by atoms with Gasteiger partial charge in [-0.05, 0) is 6.42 Å². The summed E-state index contributed by atoms with van der Waals surface area (Å²) in [5.41, 5.74) is 0. The van der Waals surface area contributed by atoms with E-state index in [2.05, 4.69) is 17.2 Å². The Labute approximate surface area is 94.8 Å². The number of amides is 1. The average Bonchev–Trinajstić information content (AvgIpc) is 2.76. The van der Waals surface area contributed by atoms with E-state index in [0.717, 1.165) is 18.1 Å². The minimum atomic E-state index is -0.0248. The summed E-state index contributed by atoms with van der Waals surface area (Å²) >= 11 is 1.75. The third-order valence-corrected chi connectivity index (χ3v) is 2.98. The first-order valence-corrected chi connectivity index (χ1v) is 6.27. The second-order valence-electron chi connectivity index (χ2n) is 3.25. The summed E-state index contributed by atoms with van der Waals surface area (Å²) < 4.78 is 5.28. The lowest BCUT2D eigenvalue weighted by atomic mass is 10.3. The molecule has 1 unspecified atom stereocenters. The van der Waals surface area contributed by atoms with E-state index in [1.807, 2.05) is 6.08 Å². The topological polar surface area (TPSA) is 50.4 Å². The zero-order valence-corrected chi connectivity index (χ0v) is 9.65. The Morgan fingerprint density at radius 1 is 1.67 bits per heavy atom. The first-order chi connectivity index (χ1) is 7.34. The highest BCUT2D eigenvalue weighted by molar-refractivity contribution is 7.99. The molecule has 1 aliphatic rings. The molecule has 0 aromatic heterocycles. The van der Waals surface area contributed by atoms with E-state index in [1.165, 1.54) is 0 Å². The summed E-state index contributed by atoms with van der Waals surface area (Å²) in [6.45, 7) is 5.43. The van der Waals surface area contributed by atoms with Crippen molar-refractivity contribution in [3.8, 4) is 0 Å². The molecule has 0 aromatic rings. The van der Waals surface area contributed by atoms with Gasteiger partial charge in [0, 0.05) is 18.2 Å². The van der Waals surface area contributed by atoms with Crippen LogP contribution in [-0.4, -0.2) is 43.3 Å². The van der Waals surface area contributed by atoms with Gasteiger partial charge in [0.25, 0.3) is 0 Å². The maximum Gasteiger partial charge on any atom is 0.238 e. The van der Waals surface area contributed by atoms with Gasteiger partial charge >= 0.3 is 0 Å². The standard InChI is InChI=1S/C10H18N2O2S/c1-2-3-5-14-6-4-11-10(13)9-7-15-8-12-9/h2,9,12H,1,3-8H2,(H,11,13). The highest BCUT2D eigenvalue weighted by Crippen LogP contribution is 2.08. The first-order valence-electron chi connectivity index (χ1n) is 5.12. The Kier molecular flexibility index (Phi) is 6.47. The van der Waals surface area contributed by atoms with Gasteiger partial charge in [0.2, 0.25) is 5.91 Å². The number of thioether (sulfide) groups is 1. The van der Waals surface area contributed by atoms with Crippen molar-refractivity contribution < 1.29 is 9.53 Å². The summed E-state index contributed by atoms with van der Waals surface area (Å²) in [6, 6.07) is -0.0248. The zero-order chi connectivity index (χ0) is 10.9. The molecule has 86 valence electrons. The second-order valence-corrected chi connectivity index (χ2v) is 4.28. The van der Waals surface area contributed by atoms with E-state index >= 15 is 0 Å². The third kappa shape index (κ3) is 5.20. The van der Waals surface area contributed by atoms with Gasteiger partial charge in [0.1, 0.15) is 0 Å². The van der Waals surface area contributed by atoms with Crippen LogP contribution in [0.25, 0.3) is 0 Å². The van der Waals surface area contributed by atoms with E-state index < -0.39 is 0 Å². The second kappa shape index (κ2) is 7.73. The number of hydrogen-bond acceptors (Lipinski definition) is 4. The van der Waals surface area contributed by atoms with Crippen LogP contribution < -0.4 is 10.6 Å². The van der Waals surface area contributed by atoms with Crippen LogP contribution in [0.2, 0.25) is 0 Å². The minimum Gasteiger partial charge on any atom is -0.379 e. The number of rotatable bonds is 7. The maximum atomic E-state index is 11.5. The fourth-order valence-corrected chi connectivity index (χ4v) is 2.14. The van der Waals surface area contributed by atoms with Crippen molar-refractivity contribution >= 4 is 17.7 Å². The van der Waals surface area contributed by atoms with E-state index in [0.29, 0.717) is 19.8 Å². The van der Waals surface area contributed by atoms with Crippen LogP contribution >= 0.6 is 11.8 Å². The fourth-order valence-electron chi connectivity index (χ4n) is 1.20. The van der Waals surface area contributed by atoms with Crippen molar-refractivity contribution in [1.82, 2.24) is 10.6 Å². The largest absolute Gasteiger partial charge is 0.379 e. The fraction of sp³-hybridized carbons (Fsp3) is 0.700. The molecule has 0 spiro atoms. The Morgan fingerprint density at radius 2 is 2.53 bits per heavy atom. The Hall–Kier alpha value is -0.520. The molecule has 1 amide bonds. The quantitative estimate of drug-likeness (QED) is 0.490. The van der Waals surface area contributed by atoms with Gasteiger partial charge in [-0.15, -0.1) is 18.3 Å². The molecule has 0 aliphatic carbocycles. The first kappa shape index (κ1) is 12.5. The van der Waals surface area contributed by atoms with E-state index in [1.54, 1.807) is 11.8 Å². The smallest absolute Gasteiger partial charge is 0.238 e. The van der Waals surface area contributed by atoms with Gasteiger partial charge in [-0.25, -0.2) is 0 Å². The Balaban J connectivity index is 1.94. The average molecular weight is 230 g/mol. The molecule has 1 saturated heterocycles. The molecule has 1 atom stereocenters. The molecule has 0 bridgehead atoms. The van der Waals surface area contributed by atoms with Crippen LogP contribution in [0.4, 0.5) is 0 Å². The lowest BCUT2D eigenvalue weighted by Gasteiger charge is -2.10. The van der Waals surface area contributed by atoms with Crippen LogP contribution in [-0.2, 0) is 9.53 Å². The summed E-state index contributed by atoms with van der Waals surface area (Å²) in [7, 11) is 0. The van der Waals surface area contributed by atoms with E-state index in [4.69, 9.17) is 4.74 Å². The number of carbonyl (C=O) groups excluding carboxylic acids is 1. The molecule has 2 N–H and O–H groups in total. The van der Waals surface area contributed by atoms with Crippen molar-refractivity contribution in [1.29, 1.82) is 0 Å². The molecule has 1 rings (SSSR count). The summed E-state index contributed by atoms with van der Waals surface area (Å²) in [5.74, 6) is 1.81. The van der Waals surface area contributed by atoms with Gasteiger partial charge in [-0.2, -0.15) is 0 Å². The molecular formula is C10H18N2O2S. The molecule has 15 heavy (non-hydrogen) atoms. The third-order valence-electron chi connectivity index (χ3n) is 2.04. The van der Waals surface area contributed by atoms with E-state index in [9.17, 15) is 4.79 Å². The Bertz CT molecular complexity index is 206. The summed E-state index contributed by atoms with van der Waals surface area (Å²) in [4.78, 5) is 11.5. The molecule has 1 aliphatic heterocycles. The molecule has 4 nitrogen and oxygen atoms in total.